The van der Waals surface area contributed by atoms with Gasteiger partial charge in [-0.25, -0.2) is 0 Å². The van der Waals surface area contributed by atoms with Gasteiger partial charge in [-0.2, -0.15) is 0 Å². The van der Waals surface area contributed by atoms with Gasteiger partial charge in [0, 0.05) is 22.3 Å². The smallest absolute Gasteiger partial charge is 0.171 e. The molecular weight excluding hydrogens is 288 g/mol. The third-order valence-electron chi connectivity index (χ3n) is 4.00. The van der Waals surface area contributed by atoms with Crippen LogP contribution in [0.2, 0.25) is 5.02 Å². The van der Waals surface area contributed by atoms with E-state index >= 15 is 0 Å². The number of carbonyl (C=O) groups is 1. The normalized spacial score (nSPS) is 20.3. The van der Waals surface area contributed by atoms with Crippen LogP contribution in [0, 0.1) is 5.41 Å². The Balaban J connectivity index is 2.68. The molecule has 1 atom stereocenters. The molecule has 0 heterocycles. The Kier molecular flexibility index (Phi) is 4.12. The summed E-state index contributed by atoms with van der Waals surface area (Å²) in [7, 11) is 0. The molecule has 1 aliphatic rings. The Labute approximate surface area is 129 Å². The second kappa shape index (κ2) is 5.54. The highest BCUT2D eigenvalue weighted by Gasteiger charge is 2.50. The molecule has 2 rings (SSSR count). The van der Waals surface area contributed by atoms with Crippen LogP contribution in [-0.4, -0.2) is 22.4 Å². The first-order chi connectivity index (χ1) is 9.89. The summed E-state index contributed by atoms with van der Waals surface area (Å²) in [6.07, 6.45) is 2.88. The number of aliphatic hydroxyl groups is 1. The number of nitrogens with two attached hydrogens (primary N) is 1. The fraction of sp³-hybridized carbons (Fsp3) is 0.312. The first-order valence-electron chi connectivity index (χ1n) is 6.65. The largest absolute Gasteiger partial charge is 0.403 e. The SMILES string of the molecule is C=CN(/C(=C\N)CO)C1c2c(Cl)cccc2C(=O)C1(C)C. The van der Waals surface area contributed by atoms with E-state index in [1.54, 1.807) is 29.3 Å². The van der Waals surface area contributed by atoms with E-state index in [-0.39, 0.29) is 18.4 Å². The average Bonchev–Trinajstić information content (AvgIpc) is 2.66. The highest BCUT2D eigenvalue weighted by atomic mass is 35.5. The third-order valence-corrected chi connectivity index (χ3v) is 4.33. The summed E-state index contributed by atoms with van der Waals surface area (Å²) in [5.74, 6) is 0.0196. The zero-order valence-corrected chi connectivity index (χ0v) is 12.9. The summed E-state index contributed by atoms with van der Waals surface area (Å²) in [4.78, 5) is 14.4. The summed E-state index contributed by atoms with van der Waals surface area (Å²) in [6, 6.07) is 4.95. The number of hydrogen-bond donors (Lipinski definition) is 2. The van der Waals surface area contributed by atoms with E-state index in [1.807, 2.05) is 13.8 Å². The number of halogens is 1. The van der Waals surface area contributed by atoms with Crippen LogP contribution >= 0.6 is 11.6 Å². The van der Waals surface area contributed by atoms with Crippen molar-refractivity contribution < 1.29 is 9.90 Å². The molecule has 5 heteroatoms. The van der Waals surface area contributed by atoms with Crippen LogP contribution in [0.1, 0.15) is 35.8 Å². The summed E-state index contributed by atoms with van der Waals surface area (Å²) >= 11 is 6.32. The molecule has 0 saturated carbocycles. The van der Waals surface area contributed by atoms with E-state index in [2.05, 4.69) is 6.58 Å². The van der Waals surface area contributed by atoms with Crippen LogP contribution in [-0.2, 0) is 0 Å². The molecule has 1 unspecified atom stereocenters. The van der Waals surface area contributed by atoms with Gasteiger partial charge in [-0.3, -0.25) is 4.79 Å². The van der Waals surface area contributed by atoms with Crippen molar-refractivity contribution in [3.05, 3.63) is 59.0 Å². The zero-order valence-electron chi connectivity index (χ0n) is 12.1. The molecule has 0 amide bonds. The van der Waals surface area contributed by atoms with Crippen molar-refractivity contribution in [1.29, 1.82) is 0 Å². The van der Waals surface area contributed by atoms with Crippen molar-refractivity contribution in [1.82, 2.24) is 4.90 Å². The van der Waals surface area contributed by atoms with Crippen LogP contribution < -0.4 is 5.73 Å². The second-order valence-corrected chi connectivity index (χ2v) is 5.97. The Bertz CT molecular complexity index is 623. The number of hydrogen-bond acceptors (Lipinski definition) is 4. The maximum atomic E-state index is 12.7. The quantitative estimate of drug-likeness (QED) is 0.897. The first kappa shape index (κ1) is 15.6. The number of benzene rings is 1. The Hall–Kier alpha value is -1.78. The number of Topliss-reactive ketones (excluding diaryl/α,β-unsaturated/α-hetero) is 1. The molecule has 0 saturated heterocycles. The molecule has 1 aromatic carbocycles. The molecule has 0 fully saturated rings. The summed E-state index contributed by atoms with van der Waals surface area (Å²) in [6.45, 7) is 7.25. The lowest BCUT2D eigenvalue weighted by Crippen LogP contribution is -2.35. The maximum Gasteiger partial charge on any atom is 0.171 e. The second-order valence-electron chi connectivity index (χ2n) is 5.56. The molecular formula is C16H19ClN2O2. The molecule has 112 valence electrons. The van der Waals surface area contributed by atoms with E-state index in [4.69, 9.17) is 17.3 Å². The molecule has 0 bridgehead atoms. The van der Waals surface area contributed by atoms with Crippen LogP contribution in [0.4, 0.5) is 0 Å². The molecule has 21 heavy (non-hydrogen) atoms. The average molecular weight is 307 g/mol. The van der Waals surface area contributed by atoms with Crippen molar-refractivity contribution in [2.45, 2.75) is 19.9 Å². The number of ketones is 1. The fourth-order valence-corrected chi connectivity index (χ4v) is 3.22. The van der Waals surface area contributed by atoms with Crippen molar-refractivity contribution in [3.63, 3.8) is 0 Å². The Morgan fingerprint density at radius 3 is 2.76 bits per heavy atom. The predicted molar refractivity (Wildman–Crippen MR) is 83.7 cm³/mol. The van der Waals surface area contributed by atoms with Crippen LogP contribution in [0.3, 0.4) is 0 Å². The molecule has 1 aromatic rings. The van der Waals surface area contributed by atoms with Gasteiger partial charge in [0.2, 0.25) is 0 Å². The van der Waals surface area contributed by atoms with Gasteiger partial charge in [-0.15, -0.1) is 0 Å². The van der Waals surface area contributed by atoms with Gasteiger partial charge < -0.3 is 15.7 Å². The standard InChI is InChI=1S/C16H19ClN2O2/c1-4-19(10(8-18)9-20)14-13-11(6-5-7-12(13)17)15(21)16(14,2)3/h4-8,14,20H,1,9,18H2,2-3H3/b10-8-. The van der Waals surface area contributed by atoms with Crippen LogP contribution in [0.15, 0.2) is 42.9 Å². The van der Waals surface area contributed by atoms with Gasteiger partial charge >= 0.3 is 0 Å². The Morgan fingerprint density at radius 2 is 2.24 bits per heavy atom. The monoisotopic (exact) mass is 306 g/mol. The molecule has 0 aromatic heterocycles. The van der Waals surface area contributed by atoms with Crippen molar-refractivity contribution in [3.8, 4) is 0 Å². The van der Waals surface area contributed by atoms with Gasteiger partial charge in [0.15, 0.2) is 5.78 Å². The highest BCUT2D eigenvalue weighted by Crippen LogP contribution is 2.51. The minimum atomic E-state index is -0.703. The van der Waals surface area contributed by atoms with Crippen molar-refractivity contribution in [2.75, 3.05) is 6.61 Å². The molecule has 4 nitrogen and oxygen atoms in total. The van der Waals surface area contributed by atoms with E-state index in [1.165, 1.54) is 6.20 Å². The minimum absolute atomic E-state index is 0.0196. The number of fused-ring (bicyclic) bond motifs is 1. The third kappa shape index (κ3) is 2.24. The fourth-order valence-electron chi connectivity index (χ4n) is 2.94. The number of nitrogens with zero attached hydrogens (tertiary/aromatic N) is 1. The summed E-state index contributed by atoms with van der Waals surface area (Å²) in [5.41, 5.74) is 6.71. The lowest BCUT2D eigenvalue weighted by molar-refractivity contribution is 0.0747. The molecule has 0 spiro atoms. The van der Waals surface area contributed by atoms with Crippen molar-refractivity contribution in [2.24, 2.45) is 11.1 Å². The maximum absolute atomic E-state index is 12.7. The number of carbonyl (C=O) groups excluding carboxylic acids is 1. The van der Waals surface area contributed by atoms with E-state index in [9.17, 15) is 9.90 Å². The van der Waals surface area contributed by atoms with E-state index in [0.717, 1.165) is 5.56 Å². The summed E-state index contributed by atoms with van der Waals surface area (Å²) < 4.78 is 0. The number of rotatable bonds is 4. The van der Waals surface area contributed by atoms with Gasteiger partial charge in [0.25, 0.3) is 0 Å². The minimum Gasteiger partial charge on any atom is -0.403 e. The van der Waals surface area contributed by atoms with E-state index < -0.39 is 5.41 Å². The van der Waals surface area contributed by atoms with Crippen LogP contribution in [0.25, 0.3) is 0 Å². The number of aliphatic hydroxyl groups excluding tert-OH is 1. The van der Waals surface area contributed by atoms with Crippen LogP contribution in [0.5, 0.6) is 0 Å². The first-order valence-corrected chi connectivity index (χ1v) is 7.03. The van der Waals surface area contributed by atoms with Gasteiger partial charge in [0.1, 0.15) is 0 Å². The molecule has 3 N–H and O–H groups in total. The lowest BCUT2D eigenvalue weighted by atomic mass is 9.83. The highest BCUT2D eigenvalue weighted by molar-refractivity contribution is 6.32. The van der Waals surface area contributed by atoms with Crippen molar-refractivity contribution >= 4 is 17.4 Å². The Morgan fingerprint density at radius 1 is 1.57 bits per heavy atom. The van der Waals surface area contributed by atoms with E-state index in [0.29, 0.717) is 16.3 Å². The summed E-state index contributed by atoms with van der Waals surface area (Å²) in [5, 5.41) is 10.0. The zero-order chi connectivity index (χ0) is 15.8. The lowest BCUT2D eigenvalue weighted by Gasteiger charge is -2.37. The van der Waals surface area contributed by atoms with Gasteiger partial charge in [0.05, 0.1) is 23.8 Å². The molecule has 0 aliphatic heterocycles. The molecule has 0 radical (unpaired) electrons. The van der Waals surface area contributed by atoms with Gasteiger partial charge in [-0.05, 0) is 12.3 Å². The topological polar surface area (TPSA) is 66.6 Å². The molecule has 1 aliphatic carbocycles. The van der Waals surface area contributed by atoms with Gasteiger partial charge in [-0.1, -0.05) is 44.2 Å². The predicted octanol–water partition coefficient (Wildman–Crippen LogP) is 2.84.